The number of rotatable bonds is 5. The van der Waals surface area contributed by atoms with Crippen molar-refractivity contribution in [3.05, 3.63) is 34.9 Å². The van der Waals surface area contributed by atoms with Gasteiger partial charge in [-0.25, -0.2) is 0 Å². The lowest BCUT2D eigenvalue weighted by Gasteiger charge is -2.24. The Kier molecular flexibility index (Phi) is 4.70. The van der Waals surface area contributed by atoms with Gasteiger partial charge in [0, 0.05) is 19.0 Å². The second kappa shape index (κ2) is 5.82. The van der Waals surface area contributed by atoms with E-state index in [1.54, 1.807) is 0 Å². The number of nitrogens with one attached hydrogen (secondary N) is 1. The van der Waals surface area contributed by atoms with Crippen LogP contribution in [-0.4, -0.2) is 23.8 Å². The summed E-state index contributed by atoms with van der Waals surface area (Å²) >= 11 is 0. The van der Waals surface area contributed by atoms with E-state index in [0.29, 0.717) is 12.5 Å². The van der Waals surface area contributed by atoms with E-state index in [2.05, 4.69) is 50.9 Å². The topological polar surface area (TPSA) is 53.1 Å². The Morgan fingerprint density at radius 2 is 2.00 bits per heavy atom. The number of hydrogen-bond acceptors (Lipinski definition) is 2. The fourth-order valence-electron chi connectivity index (χ4n) is 1.82. The van der Waals surface area contributed by atoms with Crippen LogP contribution < -0.4 is 5.73 Å². The molecule has 1 aromatic carbocycles. The van der Waals surface area contributed by atoms with Crippen molar-refractivity contribution >= 4 is 5.84 Å². The average Bonchev–Trinajstić information content (AvgIpc) is 2.22. The van der Waals surface area contributed by atoms with Crippen molar-refractivity contribution in [1.82, 2.24) is 4.90 Å². The maximum atomic E-state index is 7.31. The maximum Gasteiger partial charge on any atom is 0.0920 e. The van der Waals surface area contributed by atoms with E-state index in [9.17, 15) is 0 Å². The first kappa shape index (κ1) is 13.7. The number of benzene rings is 1. The fraction of sp³-hybridized carbons (Fsp3) is 0.500. The molecule has 0 spiro atoms. The molecule has 1 aromatic rings. The normalized spacial score (nSPS) is 12.8. The zero-order valence-electron chi connectivity index (χ0n) is 11.2. The molecule has 0 aromatic heterocycles. The van der Waals surface area contributed by atoms with Crippen LogP contribution in [0.5, 0.6) is 0 Å². The van der Waals surface area contributed by atoms with E-state index >= 15 is 0 Å². The first-order valence-corrected chi connectivity index (χ1v) is 5.99. The van der Waals surface area contributed by atoms with Crippen LogP contribution in [0.15, 0.2) is 18.2 Å². The Labute approximate surface area is 104 Å². The summed E-state index contributed by atoms with van der Waals surface area (Å²) in [6.07, 6.45) is 0.626. The van der Waals surface area contributed by atoms with E-state index in [-0.39, 0.29) is 5.84 Å². The molecule has 3 heteroatoms. The zero-order valence-corrected chi connectivity index (χ0v) is 11.2. The summed E-state index contributed by atoms with van der Waals surface area (Å²) in [6, 6.07) is 6.86. The highest BCUT2D eigenvalue weighted by molar-refractivity contribution is 5.77. The summed E-state index contributed by atoms with van der Waals surface area (Å²) in [5, 5.41) is 7.31. The Morgan fingerprint density at radius 1 is 1.35 bits per heavy atom. The molecule has 0 aliphatic rings. The van der Waals surface area contributed by atoms with Gasteiger partial charge in [-0.15, -0.1) is 0 Å². The van der Waals surface area contributed by atoms with Gasteiger partial charge in [0.25, 0.3) is 0 Å². The molecule has 0 amide bonds. The molecule has 0 saturated carbocycles. The predicted molar refractivity (Wildman–Crippen MR) is 73.4 cm³/mol. The highest BCUT2D eigenvalue weighted by Gasteiger charge is 2.10. The second-order valence-corrected chi connectivity index (χ2v) is 4.91. The highest BCUT2D eigenvalue weighted by Crippen LogP contribution is 2.13. The Bertz CT molecular complexity index is 398. The summed E-state index contributed by atoms with van der Waals surface area (Å²) in [5.41, 5.74) is 9.39. The van der Waals surface area contributed by atoms with Crippen LogP contribution >= 0.6 is 0 Å². The van der Waals surface area contributed by atoms with Gasteiger partial charge in [-0.1, -0.05) is 18.2 Å². The molecular weight excluding hydrogens is 210 g/mol. The molecule has 1 atom stereocenters. The standard InChI is InChI=1S/C14H23N3/c1-10-5-6-13(7-11(10)2)9-17(4)12(3)8-14(15)16/h5-7,12H,8-9H2,1-4H3,(H3,15,16). The van der Waals surface area contributed by atoms with Crippen molar-refractivity contribution in [3.8, 4) is 0 Å². The minimum absolute atomic E-state index is 0.254. The SMILES string of the molecule is Cc1ccc(CN(C)C(C)CC(=N)N)cc1C. The molecule has 1 unspecified atom stereocenters. The fourth-order valence-corrected chi connectivity index (χ4v) is 1.82. The molecule has 0 fully saturated rings. The molecule has 94 valence electrons. The minimum atomic E-state index is 0.254. The summed E-state index contributed by atoms with van der Waals surface area (Å²) in [5.74, 6) is 0.254. The van der Waals surface area contributed by atoms with Gasteiger partial charge in [-0.2, -0.15) is 0 Å². The number of nitrogens with two attached hydrogens (primary N) is 1. The molecule has 0 heterocycles. The van der Waals surface area contributed by atoms with E-state index in [1.807, 2.05) is 0 Å². The lowest BCUT2D eigenvalue weighted by atomic mass is 10.1. The van der Waals surface area contributed by atoms with Crippen LogP contribution in [0, 0.1) is 19.3 Å². The van der Waals surface area contributed by atoms with Crippen molar-refractivity contribution in [1.29, 1.82) is 5.41 Å². The van der Waals surface area contributed by atoms with Crippen LogP contribution in [0.3, 0.4) is 0 Å². The third-order valence-electron chi connectivity index (χ3n) is 3.27. The van der Waals surface area contributed by atoms with Crippen molar-refractivity contribution in [2.45, 2.75) is 39.8 Å². The number of amidine groups is 1. The van der Waals surface area contributed by atoms with Gasteiger partial charge in [0.15, 0.2) is 0 Å². The first-order valence-electron chi connectivity index (χ1n) is 5.99. The van der Waals surface area contributed by atoms with Gasteiger partial charge in [0.05, 0.1) is 5.84 Å². The Hall–Kier alpha value is -1.35. The zero-order chi connectivity index (χ0) is 13.0. The van der Waals surface area contributed by atoms with Gasteiger partial charge in [-0.3, -0.25) is 10.3 Å². The molecule has 0 aliphatic heterocycles. The molecule has 1 rings (SSSR count). The Morgan fingerprint density at radius 3 is 2.53 bits per heavy atom. The molecule has 0 saturated heterocycles. The van der Waals surface area contributed by atoms with Gasteiger partial charge in [0.1, 0.15) is 0 Å². The quantitative estimate of drug-likeness (QED) is 0.606. The largest absolute Gasteiger partial charge is 0.388 e. The summed E-state index contributed by atoms with van der Waals surface area (Å²) in [6.45, 7) is 7.26. The second-order valence-electron chi connectivity index (χ2n) is 4.91. The lowest BCUT2D eigenvalue weighted by Crippen LogP contribution is -2.32. The minimum Gasteiger partial charge on any atom is -0.388 e. The first-order chi connectivity index (χ1) is 7.90. The maximum absolute atomic E-state index is 7.31. The van der Waals surface area contributed by atoms with Crippen molar-refractivity contribution in [2.75, 3.05) is 7.05 Å². The van der Waals surface area contributed by atoms with Gasteiger partial charge < -0.3 is 5.73 Å². The Balaban J connectivity index is 2.64. The van der Waals surface area contributed by atoms with Crippen LogP contribution in [0.2, 0.25) is 0 Å². The predicted octanol–water partition coefficient (Wildman–Crippen LogP) is 2.45. The molecular formula is C14H23N3. The third-order valence-corrected chi connectivity index (χ3v) is 3.27. The lowest BCUT2D eigenvalue weighted by molar-refractivity contribution is 0.254. The van der Waals surface area contributed by atoms with E-state index in [1.165, 1.54) is 16.7 Å². The third kappa shape index (κ3) is 4.19. The van der Waals surface area contributed by atoms with Crippen LogP contribution in [0.1, 0.15) is 30.0 Å². The van der Waals surface area contributed by atoms with Crippen LogP contribution in [-0.2, 0) is 6.54 Å². The van der Waals surface area contributed by atoms with E-state index < -0.39 is 0 Å². The van der Waals surface area contributed by atoms with Gasteiger partial charge in [0.2, 0.25) is 0 Å². The van der Waals surface area contributed by atoms with E-state index in [0.717, 1.165) is 6.54 Å². The molecule has 3 N–H and O–H groups in total. The van der Waals surface area contributed by atoms with Crippen molar-refractivity contribution < 1.29 is 0 Å². The van der Waals surface area contributed by atoms with Gasteiger partial charge in [-0.05, 0) is 44.5 Å². The number of nitrogens with zero attached hydrogens (tertiary/aromatic N) is 1. The summed E-state index contributed by atoms with van der Waals surface area (Å²) in [4.78, 5) is 2.23. The number of hydrogen-bond donors (Lipinski definition) is 2. The van der Waals surface area contributed by atoms with Crippen molar-refractivity contribution in [2.24, 2.45) is 5.73 Å². The highest BCUT2D eigenvalue weighted by atomic mass is 15.1. The summed E-state index contributed by atoms with van der Waals surface area (Å²) < 4.78 is 0. The number of aryl methyl sites for hydroxylation is 2. The molecule has 0 radical (unpaired) electrons. The smallest absolute Gasteiger partial charge is 0.0920 e. The van der Waals surface area contributed by atoms with Gasteiger partial charge >= 0.3 is 0 Å². The van der Waals surface area contributed by atoms with E-state index in [4.69, 9.17) is 11.1 Å². The van der Waals surface area contributed by atoms with Crippen LogP contribution in [0.25, 0.3) is 0 Å². The van der Waals surface area contributed by atoms with Crippen LogP contribution in [0.4, 0.5) is 0 Å². The monoisotopic (exact) mass is 233 g/mol. The summed E-state index contributed by atoms with van der Waals surface area (Å²) in [7, 11) is 2.07. The molecule has 0 aliphatic carbocycles. The molecule has 17 heavy (non-hydrogen) atoms. The van der Waals surface area contributed by atoms with Crippen molar-refractivity contribution in [3.63, 3.8) is 0 Å². The molecule has 3 nitrogen and oxygen atoms in total. The molecule has 0 bridgehead atoms. The average molecular weight is 233 g/mol.